The first-order valence-electron chi connectivity index (χ1n) is 14.0. The molecule has 0 saturated carbocycles. The Morgan fingerprint density at radius 1 is 1.12 bits per heavy atom. The van der Waals surface area contributed by atoms with Crippen LogP contribution in [0, 0.1) is 5.82 Å². The van der Waals surface area contributed by atoms with E-state index in [2.05, 4.69) is 10.3 Å². The number of pyridine rings is 1. The van der Waals surface area contributed by atoms with Crippen LogP contribution in [0.1, 0.15) is 50.4 Å². The van der Waals surface area contributed by atoms with Crippen molar-refractivity contribution in [2.45, 2.75) is 51.0 Å². The van der Waals surface area contributed by atoms with Crippen molar-refractivity contribution in [2.24, 2.45) is 0 Å². The fraction of sp³-hybridized carbons (Fsp3) is 0.400. The normalized spacial score (nSPS) is 16.0. The van der Waals surface area contributed by atoms with E-state index < -0.39 is 21.7 Å². The SMILES string of the molecule is CCCCNC(=O)c1c(N2CCN(S(=O)(=O)c3ccc(Cl)cc3Cl)C[C@H]2CC)ccc(-c2cccnc2OCC)c1F. The number of nitrogens with one attached hydrogen (secondary N) is 1. The Bertz CT molecular complexity index is 1540. The van der Waals surface area contributed by atoms with Crippen LogP contribution in [0.15, 0.2) is 53.6 Å². The molecule has 1 aliphatic rings. The van der Waals surface area contributed by atoms with Crippen LogP contribution in [0.4, 0.5) is 10.1 Å². The zero-order chi connectivity index (χ0) is 30.4. The number of hydrogen-bond donors (Lipinski definition) is 1. The summed E-state index contributed by atoms with van der Waals surface area (Å²) in [6.07, 6.45) is 3.74. The number of sulfonamides is 1. The van der Waals surface area contributed by atoms with Crippen LogP contribution in [-0.2, 0) is 10.0 Å². The van der Waals surface area contributed by atoms with E-state index in [0.717, 1.165) is 12.8 Å². The van der Waals surface area contributed by atoms with Crippen LogP contribution in [0.5, 0.6) is 5.88 Å². The highest BCUT2D eigenvalue weighted by atomic mass is 35.5. The summed E-state index contributed by atoms with van der Waals surface area (Å²) in [4.78, 5) is 19.7. The molecule has 1 atom stereocenters. The summed E-state index contributed by atoms with van der Waals surface area (Å²) >= 11 is 12.2. The van der Waals surface area contributed by atoms with Crippen molar-refractivity contribution in [3.05, 3.63) is 70.1 Å². The molecule has 3 aromatic rings. The smallest absolute Gasteiger partial charge is 0.256 e. The number of carbonyl (C=O) groups is 1. The van der Waals surface area contributed by atoms with Gasteiger partial charge in [0.05, 0.1) is 22.9 Å². The fourth-order valence-corrected chi connectivity index (χ4v) is 7.29. The number of carbonyl (C=O) groups excluding carboxylic acids is 1. The lowest BCUT2D eigenvalue weighted by atomic mass is 9.98. The Labute approximate surface area is 256 Å². The maximum Gasteiger partial charge on any atom is 0.256 e. The molecule has 0 aliphatic carbocycles. The summed E-state index contributed by atoms with van der Waals surface area (Å²) in [5, 5.41) is 3.24. The average molecular weight is 638 g/mol. The Morgan fingerprint density at radius 3 is 2.60 bits per heavy atom. The topological polar surface area (TPSA) is 91.8 Å². The van der Waals surface area contributed by atoms with Gasteiger partial charge in [-0.2, -0.15) is 4.31 Å². The lowest BCUT2D eigenvalue weighted by molar-refractivity contribution is 0.0949. The highest BCUT2D eigenvalue weighted by Gasteiger charge is 2.37. The second kappa shape index (κ2) is 14.0. The zero-order valence-corrected chi connectivity index (χ0v) is 26.2. The number of unbranched alkanes of at least 4 members (excludes halogenated alkanes) is 1. The third kappa shape index (κ3) is 6.67. The van der Waals surface area contributed by atoms with Gasteiger partial charge in [0, 0.05) is 54.6 Å². The van der Waals surface area contributed by atoms with Gasteiger partial charge in [0.2, 0.25) is 15.9 Å². The van der Waals surface area contributed by atoms with Gasteiger partial charge in [-0.05, 0) is 62.2 Å². The Kier molecular flexibility index (Phi) is 10.7. The van der Waals surface area contributed by atoms with E-state index in [1.807, 2.05) is 25.7 Å². The van der Waals surface area contributed by atoms with Crippen molar-refractivity contribution in [3.63, 3.8) is 0 Å². The lowest BCUT2D eigenvalue weighted by Crippen LogP contribution is -2.55. The number of nitrogens with zero attached hydrogens (tertiary/aromatic N) is 3. The molecule has 8 nitrogen and oxygen atoms in total. The molecule has 1 aromatic heterocycles. The number of rotatable bonds is 11. The number of amides is 1. The van der Waals surface area contributed by atoms with E-state index >= 15 is 4.39 Å². The van der Waals surface area contributed by atoms with Gasteiger partial charge in [0.15, 0.2) is 0 Å². The maximum absolute atomic E-state index is 16.4. The molecule has 1 N–H and O–H groups in total. The summed E-state index contributed by atoms with van der Waals surface area (Å²) in [5.41, 5.74) is 0.947. The minimum absolute atomic E-state index is 0.0233. The molecule has 0 unspecified atom stereocenters. The quantitative estimate of drug-likeness (QED) is 0.244. The number of anilines is 1. The van der Waals surface area contributed by atoms with Gasteiger partial charge in [0.1, 0.15) is 10.7 Å². The molecule has 1 aliphatic heterocycles. The highest BCUT2D eigenvalue weighted by Crippen LogP contribution is 2.37. The zero-order valence-electron chi connectivity index (χ0n) is 23.9. The minimum atomic E-state index is -3.92. The van der Waals surface area contributed by atoms with Crippen molar-refractivity contribution in [1.29, 1.82) is 0 Å². The number of ether oxygens (including phenoxy) is 1. The predicted octanol–water partition coefficient (Wildman–Crippen LogP) is 6.41. The van der Waals surface area contributed by atoms with Crippen molar-refractivity contribution >= 4 is 44.8 Å². The largest absolute Gasteiger partial charge is 0.478 e. The van der Waals surface area contributed by atoms with Crippen LogP contribution in [0.3, 0.4) is 0 Å². The van der Waals surface area contributed by atoms with E-state index in [1.54, 1.807) is 30.5 Å². The van der Waals surface area contributed by atoms with Crippen LogP contribution >= 0.6 is 23.2 Å². The molecule has 226 valence electrons. The van der Waals surface area contributed by atoms with Crippen molar-refractivity contribution < 1.29 is 22.3 Å². The second-order valence-corrected chi connectivity index (χ2v) is 12.7. The summed E-state index contributed by atoms with van der Waals surface area (Å²) in [7, 11) is -3.92. The molecule has 4 rings (SSSR count). The third-order valence-electron chi connectivity index (χ3n) is 7.24. The van der Waals surface area contributed by atoms with Crippen LogP contribution in [0.2, 0.25) is 10.0 Å². The number of benzene rings is 2. The highest BCUT2D eigenvalue weighted by molar-refractivity contribution is 7.89. The molecule has 1 amide bonds. The molecular weight excluding hydrogens is 602 g/mol. The van der Waals surface area contributed by atoms with Crippen LogP contribution in [0.25, 0.3) is 11.1 Å². The van der Waals surface area contributed by atoms with Crippen molar-refractivity contribution in [2.75, 3.05) is 37.7 Å². The molecular formula is C30H35Cl2FN4O4S. The number of hydrogen-bond acceptors (Lipinski definition) is 6. The molecule has 42 heavy (non-hydrogen) atoms. The van der Waals surface area contributed by atoms with Gasteiger partial charge in [-0.3, -0.25) is 4.79 Å². The van der Waals surface area contributed by atoms with Gasteiger partial charge in [0.25, 0.3) is 5.91 Å². The van der Waals surface area contributed by atoms with Gasteiger partial charge >= 0.3 is 0 Å². The Morgan fingerprint density at radius 2 is 1.90 bits per heavy atom. The third-order valence-corrected chi connectivity index (χ3v) is 9.83. The van der Waals surface area contributed by atoms with Gasteiger partial charge in [-0.25, -0.2) is 17.8 Å². The molecule has 2 aromatic carbocycles. The summed E-state index contributed by atoms with van der Waals surface area (Å²) in [6, 6.07) is 10.7. The summed E-state index contributed by atoms with van der Waals surface area (Å²) in [6.45, 7) is 7.00. The Balaban J connectivity index is 1.73. The molecule has 12 heteroatoms. The average Bonchev–Trinajstić information content (AvgIpc) is 2.97. The molecule has 2 heterocycles. The molecule has 0 radical (unpaired) electrons. The molecule has 0 spiro atoms. The number of halogens is 3. The van der Waals surface area contributed by atoms with Gasteiger partial charge in [-0.15, -0.1) is 0 Å². The van der Waals surface area contributed by atoms with Gasteiger partial charge in [-0.1, -0.05) is 43.5 Å². The van der Waals surface area contributed by atoms with Crippen molar-refractivity contribution in [3.8, 4) is 17.0 Å². The summed E-state index contributed by atoms with van der Waals surface area (Å²) < 4.78 is 50.5. The molecule has 0 bridgehead atoms. The van der Waals surface area contributed by atoms with Crippen LogP contribution in [-0.4, -0.2) is 62.4 Å². The van der Waals surface area contributed by atoms with E-state index in [4.69, 9.17) is 27.9 Å². The number of aromatic nitrogens is 1. The van der Waals surface area contributed by atoms with E-state index in [-0.39, 0.29) is 52.6 Å². The fourth-order valence-electron chi connectivity index (χ4n) is 5.08. The summed E-state index contributed by atoms with van der Waals surface area (Å²) in [5.74, 6) is -0.944. The van der Waals surface area contributed by atoms with E-state index in [9.17, 15) is 13.2 Å². The molecule has 1 saturated heterocycles. The standard InChI is InChI=1S/C30H35Cl2FN4O4S/c1-4-7-14-34-29(38)27-25(12-11-22(28(27)33)23-9-8-15-35-30(23)41-6-3)37-17-16-36(19-21(37)5-2)42(39,40)26-13-10-20(31)18-24(26)32/h8-13,15,18,21H,4-7,14,16-17,19H2,1-3H3,(H,34,38)/t21-/m1/s1. The van der Waals surface area contributed by atoms with E-state index in [0.29, 0.717) is 35.8 Å². The molecule has 1 fully saturated rings. The van der Waals surface area contributed by atoms with Crippen molar-refractivity contribution in [1.82, 2.24) is 14.6 Å². The predicted molar refractivity (Wildman–Crippen MR) is 165 cm³/mol. The maximum atomic E-state index is 16.4. The minimum Gasteiger partial charge on any atom is -0.478 e. The first-order chi connectivity index (χ1) is 20.1. The van der Waals surface area contributed by atoms with Crippen LogP contribution < -0.4 is 15.0 Å². The van der Waals surface area contributed by atoms with Gasteiger partial charge < -0.3 is 15.0 Å². The lowest BCUT2D eigenvalue weighted by Gasteiger charge is -2.42. The number of piperazine rings is 1. The monoisotopic (exact) mass is 636 g/mol. The Hall–Kier alpha value is -2.92. The second-order valence-electron chi connectivity index (χ2n) is 9.91. The van der Waals surface area contributed by atoms with E-state index in [1.165, 1.54) is 22.5 Å². The first kappa shape index (κ1) is 32.0. The first-order valence-corrected chi connectivity index (χ1v) is 16.2.